The van der Waals surface area contributed by atoms with Crippen molar-refractivity contribution in [2.45, 2.75) is 51.0 Å². The smallest absolute Gasteiger partial charge is 0.360 e. The number of carbonyl (C=O) groups excluding carboxylic acids is 1. The number of aryl methyl sites for hydroxylation is 1. The summed E-state index contributed by atoms with van der Waals surface area (Å²) in [6, 6.07) is 14.1. The van der Waals surface area contributed by atoms with Crippen LogP contribution in [0.25, 0.3) is 17.0 Å². The summed E-state index contributed by atoms with van der Waals surface area (Å²) in [7, 11) is 1.43. The zero-order valence-corrected chi connectivity index (χ0v) is 20.4. The molecule has 2 heterocycles. The number of hydrogen-bond donors (Lipinski definition) is 3. The highest BCUT2D eigenvalue weighted by molar-refractivity contribution is 6.02. The molecule has 1 aliphatic rings. The standard InChI is InChI=1S/C27H29NO8/c1-15-19(34-26-22(31)21(30)24(33-4)27(2,3)36-26)12-11-17-14-18(25(32)35-23(15)17)28-20(29)13-10-16-8-6-5-7-9-16/h5-14,21-22,24,26,30-31H,1-4H3,(H,28,29)/b13-10+/t21-,22-,24+,26+/m0/s1. The van der Waals surface area contributed by atoms with Crippen LogP contribution in [0.2, 0.25) is 0 Å². The summed E-state index contributed by atoms with van der Waals surface area (Å²) in [5, 5.41) is 24.1. The van der Waals surface area contributed by atoms with Crippen LogP contribution in [-0.4, -0.2) is 53.4 Å². The Bertz CT molecular complexity index is 1330. The van der Waals surface area contributed by atoms with Crippen molar-refractivity contribution in [2.24, 2.45) is 0 Å². The van der Waals surface area contributed by atoms with Crippen molar-refractivity contribution in [1.82, 2.24) is 0 Å². The maximum absolute atomic E-state index is 12.6. The Morgan fingerprint density at radius 2 is 1.83 bits per heavy atom. The lowest BCUT2D eigenvalue weighted by molar-refractivity contribution is -0.306. The molecule has 190 valence electrons. The maximum Gasteiger partial charge on any atom is 0.360 e. The average molecular weight is 496 g/mol. The molecule has 0 aliphatic carbocycles. The molecule has 1 amide bonds. The van der Waals surface area contributed by atoms with Crippen molar-refractivity contribution >= 4 is 28.6 Å². The lowest BCUT2D eigenvalue weighted by Gasteiger charge is -2.46. The molecule has 36 heavy (non-hydrogen) atoms. The molecule has 3 aromatic rings. The van der Waals surface area contributed by atoms with E-state index in [2.05, 4.69) is 5.32 Å². The molecule has 1 saturated heterocycles. The Kier molecular flexibility index (Phi) is 7.28. The van der Waals surface area contributed by atoms with Gasteiger partial charge >= 0.3 is 5.63 Å². The highest BCUT2D eigenvalue weighted by Crippen LogP contribution is 2.35. The van der Waals surface area contributed by atoms with Crippen LogP contribution >= 0.6 is 0 Å². The Morgan fingerprint density at radius 3 is 2.53 bits per heavy atom. The minimum atomic E-state index is -1.37. The van der Waals surface area contributed by atoms with Gasteiger partial charge in [-0.1, -0.05) is 30.3 Å². The van der Waals surface area contributed by atoms with Crippen molar-refractivity contribution in [3.63, 3.8) is 0 Å². The van der Waals surface area contributed by atoms with Crippen LogP contribution < -0.4 is 15.7 Å². The Labute approximate surface area is 207 Å². The first-order valence-electron chi connectivity index (χ1n) is 11.5. The van der Waals surface area contributed by atoms with Crippen LogP contribution in [0, 0.1) is 6.92 Å². The van der Waals surface area contributed by atoms with Crippen LogP contribution in [0.15, 0.2) is 63.8 Å². The summed E-state index contributed by atoms with van der Waals surface area (Å²) in [6.07, 6.45) is -1.56. The first kappa shape index (κ1) is 25.6. The Hall–Kier alpha value is -3.50. The summed E-state index contributed by atoms with van der Waals surface area (Å²) in [5.41, 5.74) is -0.0598. The van der Waals surface area contributed by atoms with Gasteiger partial charge in [0.15, 0.2) is 0 Å². The van der Waals surface area contributed by atoms with Gasteiger partial charge in [0.2, 0.25) is 12.2 Å². The van der Waals surface area contributed by atoms with Crippen LogP contribution in [0.1, 0.15) is 25.0 Å². The molecule has 4 rings (SSSR count). The van der Waals surface area contributed by atoms with E-state index in [1.807, 2.05) is 30.3 Å². The molecule has 0 saturated carbocycles. The van der Waals surface area contributed by atoms with E-state index in [9.17, 15) is 19.8 Å². The highest BCUT2D eigenvalue weighted by Gasteiger charge is 2.50. The van der Waals surface area contributed by atoms with E-state index in [4.69, 9.17) is 18.6 Å². The van der Waals surface area contributed by atoms with Crippen LogP contribution in [0.3, 0.4) is 0 Å². The number of nitrogens with one attached hydrogen (secondary N) is 1. The lowest BCUT2D eigenvalue weighted by Crippen LogP contribution is -2.63. The number of carbonyl (C=O) groups is 1. The largest absolute Gasteiger partial charge is 0.462 e. The van der Waals surface area contributed by atoms with Crippen molar-refractivity contribution in [3.8, 4) is 5.75 Å². The predicted octanol–water partition coefficient (Wildman–Crippen LogP) is 3.00. The zero-order valence-electron chi connectivity index (χ0n) is 20.4. The Morgan fingerprint density at radius 1 is 1.11 bits per heavy atom. The third kappa shape index (κ3) is 5.19. The summed E-state index contributed by atoms with van der Waals surface area (Å²) in [6.45, 7) is 5.14. The quantitative estimate of drug-likeness (QED) is 0.352. The third-order valence-corrected chi connectivity index (χ3v) is 6.13. The van der Waals surface area contributed by atoms with E-state index in [0.717, 1.165) is 5.56 Å². The number of methoxy groups -OCH3 is 1. The molecule has 4 atom stereocenters. The molecule has 0 radical (unpaired) electrons. The second-order valence-corrected chi connectivity index (χ2v) is 9.13. The van der Waals surface area contributed by atoms with Gasteiger partial charge in [0.25, 0.3) is 0 Å². The van der Waals surface area contributed by atoms with Gasteiger partial charge in [0.05, 0.1) is 5.60 Å². The highest BCUT2D eigenvalue weighted by atomic mass is 16.7. The third-order valence-electron chi connectivity index (χ3n) is 6.13. The minimum Gasteiger partial charge on any atom is -0.462 e. The predicted molar refractivity (Wildman–Crippen MR) is 134 cm³/mol. The molecule has 1 fully saturated rings. The van der Waals surface area contributed by atoms with E-state index in [-0.39, 0.29) is 11.3 Å². The second kappa shape index (κ2) is 10.2. The molecule has 0 unspecified atom stereocenters. The number of hydrogen-bond acceptors (Lipinski definition) is 8. The first-order chi connectivity index (χ1) is 17.1. The fourth-order valence-electron chi connectivity index (χ4n) is 4.26. The molecule has 2 aromatic carbocycles. The fraction of sp³-hybridized carbons (Fsp3) is 0.333. The molecule has 0 spiro atoms. The topological polar surface area (TPSA) is 127 Å². The number of benzene rings is 2. The maximum atomic E-state index is 12.6. The number of aliphatic hydroxyl groups excluding tert-OH is 2. The second-order valence-electron chi connectivity index (χ2n) is 9.13. The molecular formula is C27H29NO8. The summed E-state index contributed by atoms with van der Waals surface area (Å²) >= 11 is 0. The summed E-state index contributed by atoms with van der Waals surface area (Å²) in [4.78, 5) is 24.9. The zero-order chi connectivity index (χ0) is 26.0. The summed E-state index contributed by atoms with van der Waals surface area (Å²) in [5.74, 6) is -0.169. The van der Waals surface area contributed by atoms with Crippen molar-refractivity contribution < 1.29 is 33.6 Å². The van der Waals surface area contributed by atoms with Crippen molar-refractivity contribution in [3.05, 3.63) is 76.2 Å². The fourth-order valence-corrected chi connectivity index (χ4v) is 4.26. The normalized spacial score (nSPS) is 23.6. The summed E-state index contributed by atoms with van der Waals surface area (Å²) < 4.78 is 22.5. The number of anilines is 1. The number of ether oxygens (including phenoxy) is 3. The monoisotopic (exact) mass is 495 g/mol. The van der Waals surface area contributed by atoms with Gasteiger partial charge in [0, 0.05) is 24.1 Å². The molecular weight excluding hydrogens is 466 g/mol. The minimum absolute atomic E-state index is 0.000189. The van der Waals surface area contributed by atoms with E-state index in [1.165, 1.54) is 19.3 Å². The van der Waals surface area contributed by atoms with E-state index >= 15 is 0 Å². The molecule has 9 nitrogen and oxygen atoms in total. The van der Waals surface area contributed by atoms with Gasteiger partial charge < -0.3 is 34.2 Å². The molecule has 1 aromatic heterocycles. The van der Waals surface area contributed by atoms with E-state index < -0.39 is 41.7 Å². The van der Waals surface area contributed by atoms with Gasteiger partial charge in [-0.15, -0.1) is 0 Å². The van der Waals surface area contributed by atoms with E-state index in [1.54, 1.807) is 39.0 Å². The lowest BCUT2D eigenvalue weighted by atomic mass is 9.89. The van der Waals surface area contributed by atoms with Gasteiger partial charge in [-0.2, -0.15) is 0 Å². The van der Waals surface area contributed by atoms with Crippen molar-refractivity contribution in [1.29, 1.82) is 0 Å². The molecule has 3 N–H and O–H groups in total. The van der Waals surface area contributed by atoms with Gasteiger partial charge in [-0.3, -0.25) is 4.79 Å². The number of amides is 1. The van der Waals surface area contributed by atoms with Crippen LogP contribution in [0.4, 0.5) is 5.69 Å². The molecule has 0 bridgehead atoms. The van der Waals surface area contributed by atoms with Gasteiger partial charge in [-0.25, -0.2) is 4.79 Å². The molecule has 9 heteroatoms. The molecule has 1 aliphatic heterocycles. The van der Waals surface area contributed by atoms with Crippen LogP contribution in [0.5, 0.6) is 5.75 Å². The van der Waals surface area contributed by atoms with Gasteiger partial charge in [0.1, 0.15) is 35.3 Å². The Balaban J connectivity index is 1.55. The SMILES string of the molecule is CO[C@@H]1[C@@H](O)[C@H](O)[C@H](Oc2ccc3cc(NC(=O)/C=C/c4ccccc4)c(=O)oc3c2C)OC1(C)C. The van der Waals surface area contributed by atoms with E-state index in [0.29, 0.717) is 16.7 Å². The van der Waals surface area contributed by atoms with Crippen LogP contribution in [-0.2, 0) is 14.3 Å². The number of rotatable bonds is 6. The number of aliphatic hydroxyl groups is 2. The average Bonchev–Trinajstić information content (AvgIpc) is 2.84. The van der Waals surface area contributed by atoms with Gasteiger partial charge in [-0.05, 0) is 50.6 Å². The first-order valence-corrected chi connectivity index (χ1v) is 11.5. The van der Waals surface area contributed by atoms with Crippen molar-refractivity contribution in [2.75, 3.05) is 12.4 Å². The number of fused-ring (bicyclic) bond motifs is 1.